The Morgan fingerprint density at radius 1 is 1.43 bits per heavy atom. The van der Waals surface area contributed by atoms with Gasteiger partial charge in [0.1, 0.15) is 0 Å². The van der Waals surface area contributed by atoms with Crippen LogP contribution in [0.15, 0.2) is 42.6 Å². The molecule has 14 heavy (non-hydrogen) atoms. The van der Waals surface area contributed by atoms with Crippen molar-refractivity contribution in [2.24, 2.45) is 0 Å². The molecule has 1 atom stereocenters. The first kappa shape index (κ1) is 10.8. The van der Waals surface area contributed by atoms with E-state index in [2.05, 4.69) is 24.0 Å². The second-order valence-electron chi connectivity index (χ2n) is 3.49. The van der Waals surface area contributed by atoms with Gasteiger partial charge in [0, 0.05) is 5.70 Å². The highest BCUT2D eigenvalue weighted by Crippen LogP contribution is 2.03. The van der Waals surface area contributed by atoms with Gasteiger partial charge in [-0.25, -0.2) is 0 Å². The molecular formula is C12H17NO. The zero-order valence-corrected chi connectivity index (χ0v) is 8.53. The van der Waals surface area contributed by atoms with E-state index < -0.39 is 0 Å². The summed E-state index contributed by atoms with van der Waals surface area (Å²) in [5, 5.41) is 12.3. The molecule has 0 aliphatic rings. The molecule has 0 heterocycles. The third kappa shape index (κ3) is 3.62. The number of allylic oxidation sites excluding steroid dienone is 1. The van der Waals surface area contributed by atoms with Gasteiger partial charge in [0.2, 0.25) is 0 Å². The van der Waals surface area contributed by atoms with E-state index >= 15 is 0 Å². The molecule has 0 saturated carbocycles. The van der Waals surface area contributed by atoms with Crippen molar-refractivity contribution in [3.63, 3.8) is 0 Å². The fourth-order valence-corrected chi connectivity index (χ4v) is 1.41. The lowest BCUT2D eigenvalue weighted by Crippen LogP contribution is -2.32. The maximum atomic E-state index is 9.13. The minimum absolute atomic E-state index is 0.0647. The molecule has 0 spiro atoms. The summed E-state index contributed by atoms with van der Waals surface area (Å²) in [5.74, 6) is 0. The lowest BCUT2D eigenvalue weighted by molar-refractivity contribution is 0.249. The van der Waals surface area contributed by atoms with Gasteiger partial charge in [0.25, 0.3) is 0 Å². The van der Waals surface area contributed by atoms with Crippen LogP contribution in [0.1, 0.15) is 12.5 Å². The summed E-state index contributed by atoms with van der Waals surface area (Å²) in [6.07, 6.45) is 0.824. The zero-order chi connectivity index (χ0) is 10.4. The van der Waals surface area contributed by atoms with Crippen molar-refractivity contribution in [1.29, 1.82) is 0 Å². The fraction of sp³-hybridized carbons (Fsp3) is 0.333. The van der Waals surface area contributed by atoms with Crippen LogP contribution in [0.2, 0.25) is 0 Å². The summed E-state index contributed by atoms with van der Waals surface area (Å²) in [4.78, 5) is 0. The first-order valence-corrected chi connectivity index (χ1v) is 4.79. The lowest BCUT2D eigenvalue weighted by atomic mass is 10.1. The van der Waals surface area contributed by atoms with Gasteiger partial charge in [-0.15, -0.1) is 0 Å². The van der Waals surface area contributed by atoms with Gasteiger partial charge in [-0.05, 0) is 18.9 Å². The Morgan fingerprint density at radius 3 is 2.57 bits per heavy atom. The van der Waals surface area contributed by atoms with E-state index in [0.717, 1.165) is 12.1 Å². The summed E-state index contributed by atoms with van der Waals surface area (Å²) in [6, 6.07) is 10.2. The first-order valence-electron chi connectivity index (χ1n) is 4.79. The molecule has 2 nitrogen and oxygen atoms in total. The highest BCUT2D eigenvalue weighted by atomic mass is 16.3. The summed E-state index contributed by atoms with van der Waals surface area (Å²) in [7, 11) is 0. The largest absolute Gasteiger partial charge is 0.394 e. The third-order valence-corrected chi connectivity index (χ3v) is 2.00. The van der Waals surface area contributed by atoms with E-state index in [9.17, 15) is 0 Å². The molecule has 76 valence electrons. The highest BCUT2D eigenvalue weighted by Gasteiger charge is 2.06. The minimum atomic E-state index is 0.0647. The predicted octanol–water partition coefficient (Wildman–Crippen LogP) is 1.71. The molecule has 2 heteroatoms. The van der Waals surface area contributed by atoms with Crippen molar-refractivity contribution in [1.82, 2.24) is 5.32 Å². The van der Waals surface area contributed by atoms with Crippen LogP contribution in [0.4, 0.5) is 0 Å². The Hall–Kier alpha value is -1.28. The van der Waals surface area contributed by atoms with Crippen molar-refractivity contribution in [3.05, 3.63) is 48.2 Å². The topological polar surface area (TPSA) is 32.3 Å². The number of hydrogen-bond donors (Lipinski definition) is 2. The van der Waals surface area contributed by atoms with Crippen molar-refractivity contribution < 1.29 is 5.11 Å². The Labute approximate surface area is 85.3 Å². The fourth-order valence-electron chi connectivity index (χ4n) is 1.41. The number of aliphatic hydroxyl groups is 1. The maximum Gasteiger partial charge on any atom is 0.0636 e. The summed E-state index contributed by atoms with van der Waals surface area (Å²) in [6.45, 7) is 5.79. The van der Waals surface area contributed by atoms with E-state index in [1.807, 2.05) is 25.1 Å². The van der Waals surface area contributed by atoms with Crippen LogP contribution in [0.5, 0.6) is 0 Å². The van der Waals surface area contributed by atoms with Gasteiger partial charge < -0.3 is 10.4 Å². The second kappa shape index (κ2) is 5.45. The second-order valence-corrected chi connectivity index (χ2v) is 3.49. The van der Waals surface area contributed by atoms with Gasteiger partial charge in [0.15, 0.2) is 0 Å². The average Bonchev–Trinajstić information content (AvgIpc) is 2.17. The van der Waals surface area contributed by atoms with Gasteiger partial charge in [-0.3, -0.25) is 0 Å². The van der Waals surface area contributed by atoms with Crippen LogP contribution >= 0.6 is 0 Å². The van der Waals surface area contributed by atoms with Gasteiger partial charge in [-0.2, -0.15) is 0 Å². The molecule has 0 aromatic heterocycles. The zero-order valence-electron chi connectivity index (χ0n) is 8.53. The highest BCUT2D eigenvalue weighted by molar-refractivity contribution is 5.16. The van der Waals surface area contributed by atoms with E-state index in [4.69, 9.17) is 5.11 Å². The number of rotatable bonds is 5. The molecule has 1 aromatic carbocycles. The lowest BCUT2D eigenvalue weighted by Gasteiger charge is -2.17. The molecule has 1 aromatic rings. The SMILES string of the molecule is C=C(C)N[C@H](CO)Cc1ccccc1. The molecule has 0 bridgehead atoms. The summed E-state index contributed by atoms with van der Waals surface area (Å²) >= 11 is 0. The van der Waals surface area contributed by atoms with Crippen molar-refractivity contribution >= 4 is 0 Å². The molecular weight excluding hydrogens is 174 g/mol. The van der Waals surface area contributed by atoms with Crippen molar-refractivity contribution in [2.75, 3.05) is 6.61 Å². The molecule has 0 amide bonds. The van der Waals surface area contributed by atoms with Crippen LogP contribution in [0.3, 0.4) is 0 Å². The smallest absolute Gasteiger partial charge is 0.0636 e. The first-order chi connectivity index (χ1) is 6.72. The molecule has 2 N–H and O–H groups in total. The van der Waals surface area contributed by atoms with Crippen LogP contribution < -0.4 is 5.32 Å². The monoisotopic (exact) mass is 191 g/mol. The van der Waals surface area contributed by atoms with Gasteiger partial charge >= 0.3 is 0 Å². The Kier molecular flexibility index (Phi) is 4.20. The van der Waals surface area contributed by atoms with Gasteiger partial charge in [0.05, 0.1) is 12.6 Å². The Morgan fingerprint density at radius 2 is 2.07 bits per heavy atom. The standard InChI is InChI=1S/C12H17NO/c1-10(2)13-12(9-14)8-11-6-4-3-5-7-11/h3-7,12-14H,1,8-9H2,2H3/t12-/m0/s1. The number of benzene rings is 1. The molecule has 1 rings (SSSR count). The quantitative estimate of drug-likeness (QED) is 0.742. The van der Waals surface area contributed by atoms with E-state index in [1.54, 1.807) is 0 Å². The molecule has 0 radical (unpaired) electrons. The summed E-state index contributed by atoms with van der Waals surface area (Å²) < 4.78 is 0. The maximum absolute atomic E-state index is 9.13. The number of hydrogen-bond acceptors (Lipinski definition) is 2. The van der Waals surface area contributed by atoms with Crippen LogP contribution in [0.25, 0.3) is 0 Å². The Balaban J connectivity index is 2.53. The third-order valence-electron chi connectivity index (χ3n) is 2.00. The molecule has 0 fully saturated rings. The predicted molar refractivity (Wildman–Crippen MR) is 59.0 cm³/mol. The molecule has 0 aliphatic carbocycles. The molecule has 0 unspecified atom stereocenters. The van der Waals surface area contributed by atoms with Crippen LogP contribution in [-0.2, 0) is 6.42 Å². The number of aliphatic hydroxyl groups excluding tert-OH is 1. The number of nitrogens with one attached hydrogen (secondary N) is 1. The molecule has 0 aliphatic heterocycles. The van der Waals surface area contributed by atoms with Gasteiger partial charge in [-0.1, -0.05) is 36.9 Å². The van der Waals surface area contributed by atoms with Crippen molar-refractivity contribution in [3.8, 4) is 0 Å². The van der Waals surface area contributed by atoms with E-state index in [0.29, 0.717) is 0 Å². The van der Waals surface area contributed by atoms with Crippen molar-refractivity contribution in [2.45, 2.75) is 19.4 Å². The molecule has 0 saturated heterocycles. The van der Waals surface area contributed by atoms with Crippen LogP contribution in [-0.4, -0.2) is 17.8 Å². The minimum Gasteiger partial charge on any atom is -0.394 e. The van der Waals surface area contributed by atoms with Crippen LogP contribution in [0, 0.1) is 0 Å². The normalized spacial score (nSPS) is 12.1. The summed E-state index contributed by atoms with van der Waals surface area (Å²) in [5.41, 5.74) is 2.11. The van der Waals surface area contributed by atoms with E-state index in [1.165, 1.54) is 5.56 Å². The Bertz CT molecular complexity index is 282. The van der Waals surface area contributed by atoms with E-state index in [-0.39, 0.29) is 12.6 Å². The average molecular weight is 191 g/mol.